The van der Waals surface area contributed by atoms with E-state index in [-0.39, 0.29) is 0 Å². The van der Waals surface area contributed by atoms with E-state index in [0.29, 0.717) is 18.2 Å². The molecule has 23 heavy (non-hydrogen) atoms. The smallest absolute Gasteiger partial charge is 0.248 e. The third kappa shape index (κ3) is 5.58. The lowest BCUT2D eigenvalue weighted by atomic mass is 9.87. The highest BCUT2D eigenvalue weighted by Crippen LogP contribution is 2.23. The van der Waals surface area contributed by atoms with Crippen molar-refractivity contribution in [2.45, 2.75) is 52.1 Å². The Morgan fingerprint density at radius 3 is 2.43 bits per heavy atom. The van der Waals surface area contributed by atoms with Crippen molar-refractivity contribution in [3.8, 4) is 0 Å². The van der Waals surface area contributed by atoms with Gasteiger partial charge >= 0.3 is 0 Å². The summed E-state index contributed by atoms with van der Waals surface area (Å²) in [5.74, 6) is 1.31. The van der Waals surface area contributed by atoms with E-state index in [4.69, 9.17) is 5.73 Å². The maximum Gasteiger partial charge on any atom is 0.248 e. The summed E-state index contributed by atoms with van der Waals surface area (Å²) in [6, 6.07) is 7.80. The number of aliphatic imine (C=N–C) groups is 1. The van der Waals surface area contributed by atoms with Crippen LogP contribution in [-0.2, 0) is 6.54 Å². The molecule has 1 saturated carbocycles. The average Bonchev–Trinajstić information content (AvgIpc) is 2.55. The summed E-state index contributed by atoms with van der Waals surface area (Å²) >= 11 is 0. The number of nitrogens with one attached hydrogen (secondary N) is 2. The molecule has 0 heterocycles. The lowest BCUT2D eigenvalue weighted by Gasteiger charge is -2.28. The van der Waals surface area contributed by atoms with Gasteiger partial charge in [-0.25, -0.2) is 4.99 Å². The first-order valence-corrected chi connectivity index (χ1v) is 8.52. The molecule has 0 aromatic heterocycles. The van der Waals surface area contributed by atoms with Crippen LogP contribution < -0.4 is 16.4 Å². The number of benzene rings is 1. The lowest BCUT2D eigenvalue weighted by molar-refractivity contribution is 0.100. The number of carbonyl (C=O) groups excluding carboxylic acids is 1. The van der Waals surface area contributed by atoms with Crippen LogP contribution in [0.2, 0.25) is 0 Å². The van der Waals surface area contributed by atoms with Crippen molar-refractivity contribution in [2.24, 2.45) is 16.6 Å². The van der Waals surface area contributed by atoms with Gasteiger partial charge in [-0.15, -0.1) is 0 Å². The fourth-order valence-electron chi connectivity index (χ4n) is 2.86. The van der Waals surface area contributed by atoms with Crippen LogP contribution >= 0.6 is 0 Å². The number of hydrogen-bond donors (Lipinski definition) is 3. The molecule has 1 aliphatic rings. The SMILES string of the molecule is CCNC(=NCc1ccc(C(N)=O)cc1)NC1CCC(C)CC1. The summed E-state index contributed by atoms with van der Waals surface area (Å²) in [7, 11) is 0. The Morgan fingerprint density at radius 1 is 1.22 bits per heavy atom. The van der Waals surface area contributed by atoms with Gasteiger partial charge in [-0.2, -0.15) is 0 Å². The Hall–Kier alpha value is -2.04. The third-order valence-corrected chi connectivity index (χ3v) is 4.36. The topological polar surface area (TPSA) is 79.5 Å². The van der Waals surface area contributed by atoms with E-state index in [1.54, 1.807) is 12.1 Å². The Labute approximate surface area is 138 Å². The molecule has 0 spiro atoms. The summed E-state index contributed by atoms with van der Waals surface area (Å²) in [4.78, 5) is 15.7. The van der Waals surface area contributed by atoms with Crippen molar-refractivity contribution in [3.63, 3.8) is 0 Å². The highest BCUT2D eigenvalue weighted by molar-refractivity contribution is 5.92. The van der Waals surface area contributed by atoms with Gasteiger partial charge in [-0.1, -0.05) is 19.1 Å². The first kappa shape index (κ1) is 17.3. The molecular weight excluding hydrogens is 288 g/mol. The van der Waals surface area contributed by atoms with E-state index >= 15 is 0 Å². The molecule has 0 atom stereocenters. The van der Waals surface area contributed by atoms with Crippen molar-refractivity contribution < 1.29 is 4.79 Å². The van der Waals surface area contributed by atoms with E-state index in [1.807, 2.05) is 12.1 Å². The monoisotopic (exact) mass is 316 g/mol. The molecule has 1 aromatic rings. The Bertz CT molecular complexity index is 530. The van der Waals surface area contributed by atoms with Gasteiger partial charge < -0.3 is 16.4 Å². The second-order valence-electron chi connectivity index (χ2n) is 6.36. The van der Waals surface area contributed by atoms with Crippen LogP contribution in [0, 0.1) is 5.92 Å². The normalized spacial score (nSPS) is 21.7. The van der Waals surface area contributed by atoms with Gasteiger partial charge in [0.2, 0.25) is 5.91 Å². The lowest BCUT2D eigenvalue weighted by Crippen LogP contribution is -2.44. The minimum atomic E-state index is -0.401. The van der Waals surface area contributed by atoms with Crippen LogP contribution in [0.5, 0.6) is 0 Å². The molecule has 0 unspecified atom stereocenters. The maximum atomic E-state index is 11.1. The number of guanidine groups is 1. The van der Waals surface area contributed by atoms with Crippen molar-refractivity contribution >= 4 is 11.9 Å². The zero-order chi connectivity index (χ0) is 16.7. The molecule has 1 amide bonds. The molecule has 126 valence electrons. The third-order valence-electron chi connectivity index (χ3n) is 4.36. The molecule has 0 bridgehead atoms. The molecule has 0 saturated heterocycles. The average molecular weight is 316 g/mol. The molecule has 5 heteroatoms. The van der Waals surface area contributed by atoms with E-state index < -0.39 is 5.91 Å². The zero-order valence-electron chi connectivity index (χ0n) is 14.1. The highest BCUT2D eigenvalue weighted by atomic mass is 16.1. The molecular formula is C18H28N4O. The highest BCUT2D eigenvalue weighted by Gasteiger charge is 2.18. The van der Waals surface area contributed by atoms with E-state index in [9.17, 15) is 4.79 Å². The van der Waals surface area contributed by atoms with Crippen LogP contribution in [0.1, 0.15) is 55.5 Å². The minimum absolute atomic E-state index is 0.401. The van der Waals surface area contributed by atoms with Crippen LogP contribution in [0.4, 0.5) is 0 Å². The molecule has 1 aliphatic carbocycles. The first-order valence-electron chi connectivity index (χ1n) is 8.52. The number of nitrogens with two attached hydrogens (primary N) is 1. The summed E-state index contributed by atoms with van der Waals surface area (Å²) in [5, 5.41) is 6.85. The number of amides is 1. The summed E-state index contributed by atoms with van der Waals surface area (Å²) in [5.41, 5.74) is 6.84. The van der Waals surface area contributed by atoms with Gasteiger partial charge in [0.05, 0.1) is 6.54 Å². The first-order chi connectivity index (χ1) is 11.1. The summed E-state index contributed by atoms with van der Waals surface area (Å²) < 4.78 is 0. The van der Waals surface area contributed by atoms with Crippen molar-refractivity contribution in [1.29, 1.82) is 0 Å². The van der Waals surface area contributed by atoms with Crippen LogP contribution in [0.3, 0.4) is 0 Å². The predicted octanol–water partition coefficient (Wildman–Crippen LogP) is 2.42. The molecule has 1 fully saturated rings. The van der Waals surface area contributed by atoms with E-state index in [0.717, 1.165) is 24.0 Å². The fraction of sp³-hybridized carbons (Fsp3) is 0.556. The van der Waals surface area contributed by atoms with Gasteiger partial charge in [0, 0.05) is 18.2 Å². The van der Waals surface area contributed by atoms with Gasteiger partial charge in [-0.3, -0.25) is 4.79 Å². The number of carbonyl (C=O) groups is 1. The van der Waals surface area contributed by atoms with Crippen LogP contribution in [-0.4, -0.2) is 24.5 Å². The molecule has 4 N–H and O–H groups in total. The standard InChI is InChI=1S/C18H28N4O/c1-3-20-18(22-16-10-4-13(2)5-11-16)21-12-14-6-8-15(9-7-14)17(19)23/h6-9,13,16H,3-5,10-12H2,1-2H3,(H2,19,23)(H2,20,21,22). The van der Waals surface area contributed by atoms with Crippen molar-refractivity contribution in [3.05, 3.63) is 35.4 Å². The Morgan fingerprint density at radius 2 is 1.87 bits per heavy atom. The summed E-state index contributed by atoms with van der Waals surface area (Å²) in [6.07, 6.45) is 4.98. The molecule has 0 radical (unpaired) electrons. The van der Waals surface area contributed by atoms with Crippen molar-refractivity contribution in [1.82, 2.24) is 10.6 Å². The Kier molecular flexibility index (Phi) is 6.44. The minimum Gasteiger partial charge on any atom is -0.366 e. The second-order valence-corrected chi connectivity index (χ2v) is 6.36. The quantitative estimate of drug-likeness (QED) is 0.576. The van der Waals surface area contributed by atoms with Gasteiger partial charge in [0.25, 0.3) is 0 Å². The zero-order valence-corrected chi connectivity index (χ0v) is 14.1. The van der Waals surface area contributed by atoms with Gasteiger partial charge in [0.1, 0.15) is 0 Å². The summed E-state index contributed by atoms with van der Waals surface area (Å²) in [6.45, 7) is 5.82. The van der Waals surface area contributed by atoms with E-state index in [2.05, 4.69) is 29.5 Å². The van der Waals surface area contributed by atoms with Gasteiger partial charge in [-0.05, 0) is 56.2 Å². The molecule has 0 aliphatic heterocycles. The van der Waals surface area contributed by atoms with Crippen LogP contribution in [0.15, 0.2) is 29.3 Å². The molecule has 1 aromatic carbocycles. The number of nitrogens with zero attached hydrogens (tertiary/aromatic N) is 1. The van der Waals surface area contributed by atoms with E-state index in [1.165, 1.54) is 25.7 Å². The molecule has 5 nitrogen and oxygen atoms in total. The maximum absolute atomic E-state index is 11.1. The fourth-order valence-corrected chi connectivity index (χ4v) is 2.86. The van der Waals surface area contributed by atoms with Crippen molar-refractivity contribution in [2.75, 3.05) is 6.54 Å². The van der Waals surface area contributed by atoms with Gasteiger partial charge in [0.15, 0.2) is 5.96 Å². The predicted molar refractivity (Wildman–Crippen MR) is 94.3 cm³/mol. The van der Waals surface area contributed by atoms with Crippen LogP contribution in [0.25, 0.3) is 0 Å². The number of primary amides is 1. The Balaban J connectivity index is 1.93. The number of hydrogen-bond acceptors (Lipinski definition) is 2. The second kappa shape index (κ2) is 8.56. The number of rotatable bonds is 5. The molecule has 2 rings (SSSR count). The largest absolute Gasteiger partial charge is 0.366 e.